The predicted octanol–water partition coefficient (Wildman–Crippen LogP) is 1.58. The van der Waals surface area contributed by atoms with Gasteiger partial charge in [0.1, 0.15) is 0 Å². The molecule has 0 radical (unpaired) electrons. The molecule has 0 bridgehead atoms. The SMILES string of the molecule is CC(C)(C#N)c1cccnc1C(=O)O. The number of carbonyl (C=O) groups is 1. The zero-order chi connectivity index (χ0) is 10.8. The highest BCUT2D eigenvalue weighted by Crippen LogP contribution is 2.24. The fraction of sp³-hybridized carbons (Fsp3) is 0.300. The maximum atomic E-state index is 10.8. The van der Waals surface area contributed by atoms with Crippen LogP contribution in [0.1, 0.15) is 29.9 Å². The van der Waals surface area contributed by atoms with E-state index in [1.807, 2.05) is 6.07 Å². The third-order valence-corrected chi connectivity index (χ3v) is 1.96. The van der Waals surface area contributed by atoms with Gasteiger partial charge in [-0.25, -0.2) is 9.78 Å². The molecule has 1 aromatic heterocycles. The quantitative estimate of drug-likeness (QED) is 0.768. The lowest BCUT2D eigenvalue weighted by Crippen LogP contribution is -2.19. The van der Waals surface area contributed by atoms with Crippen LogP contribution in [0.5, 0.6) is 0 Å². The molecular weight excluding hydrogens is 180 g/mol. The Labute approximate surface area is 81.8 Å². The van der Waals surface area contributed by atoms with Gasteiger partial charge in [0.2, 0.25) is 0 Å². The maximum absolute atomic E-state index is 10.8. The largest absolute Gasteiger partial charge is 0.477 e. The molecule has 0 aliphatic rings. The van der Waals surface area contributed by atoms with Crippen LogP contribution >= 0.6 is 0 Å². The molecular formula is C10H10N2O2. The summed E-state index contributed by atoms with van der Waals surface area (Å²) >= 11 is 0. The van der Waals surface area contributed by atoms with Crippen molar-refractivity contribution in [3.8, 4) is 6.07 Å². The lowest BCUT2D eigenvalue weighted by atomic mass is 9.85. The molecule has 1 heterocycles. The van der Waals surface area contributed by atoms with Crippen LogP contribution in [0.4, 0.5) is 0 Å². The highest BCUT2D eigenvalue weighted by molar-refractivity contribution is 5.87. The molecule has 0 saturated heterocycles. The first-order valence-corrected chi connectivity index (χ1v) is 4.09. The topological polar surface area (TPSA) is 74.0 Å². The lowest BCUT2D eigenvalue weighted by molar-refractivity contribution is 0.0688. The lowest BCUT2D eigenvalue weighted by Gasteiger charge is -2.16. The third-order valence-electron chi connectivity index (χ3n) is 1.96. The van der Waals surface area contributed by atoms with Gasteiger partial charge in [0.15, 0.2) is 5.69 Å². The molecule has 0 aliphatic carbocycles. The number of aromatic carboxylic acids is 1. The zero-order valence-electron chi connectivity index (χ0n) is 7.98. The fourth-order valence-electron chi connectivity index (χ4n) is 1.14. The summed E-state index contributed by atoms with van der Waals surface area (Å²) in [4.78, 5) is 14.6. The molecule has 0 aliphatic heterocycles. The van der Waals surface area contributed by atoms with Crippen molar-refractivity contribution in [2.24, 2.45) is 0 Å². The molecule has 0 unspecified atom stereocenters. The number of nitrogens with zero attached hydrogens (tertiary/aromatic N) is 2. The first kappa shape index (κ1) is 10.2. The van der Waals surface area contributed by atoms with Crippen LogP contribution in [0.25, 0.3) is 0 Å². The number of pyridine rings is 1. The molecule has 0 saturated carbocycles. The summed E-state index contributed by atoms with van der Waals surface area (Å²) in [6.45, 7) is 3.33. The van der Waals surface area contributed by atoms with Crippen LogP contribution in [0.15, 0.2) is 18.3 Å². The Morgan fingerprint density at radius 1 is 1.64 bits per heavy atom. The van der Waals surface area contributed by atoms with Crippen molar-refractivity contribution in [2.45, 2.75) is 19.3 Å². The molecule has 14 heavy (non-hydrogen) atoms. The number of hydrogen-bond acceptors (Lipinski definition) is 3. The molecule has 72 valence electrons. The van der Waals surface area contributed by atoms with Gasteiger partial charge in [0, 0.05) is 11.8 Å². The first-order chi connectivity index (χ1) is 6.49. The van der Waals surface area contributed by atoms with Crippen LogP contribution in [0, 0.1) is 11.3 Å². The monoisotopic (exact) mass is 190 g/mol. The van der Waals surface area contributed by atoms with Gasteiger partial charge in [-0.3, -0.25) is 0 Å². The minimum Gasteiger partial charge on any atom is -0.477 e. The van der Waals surface area contributed by atoms with E-state index in [9.17, 15) is 4.79 Å². The number of rotatable bonds is 2. The van der Waals surface area contributed by atoms with E-state index in [4.69, 9.17) is 10.4 Å². The van der Waals surface area contributed by atoms with Crippen LogP contribution in [0.2, 0.25) is 0 Å². The van der Waals surface area contributed by atoms with Crippen molar-refractivity contribution in [3.05, 3.63) is 29.6 Å². The molecule has 1 N–H and O–H groups in total. The van der Waals surface area contributed by atoms with Crippen molar-refractivity contribution in [3.63, 3.8) is 0 Å². The summed E-state index contributed by atoms with van der Waals surface area (Å²) in [6.07, 6.45) is 1.40. The fourth-order valence-corrected chi connectivity index (χ4v) is 1.14. The second kappa shape index (κ2) is 3.46. The predicted molar refractivity (Wildman–Crippen MR) is 49.8 cm³/mol. The van der Waals surface area contributed by atoms with Crippen molar-refractivity contribution in [1.29, 1.82) is 5.26 Å². The third kappa shape index (κ3) is 1.72. The Hall–Kier alpha value is -1.89. The number of carboxylic acids is 1. The molecule has 1 aromatic rings. The average Bonchev–Trinajstić information content (AvgIpc) is 2.18. The maximum Gasteiger partial charge on any atom is 0.354 e. The highest BCUT2D eigenvalue weighted by Gasteiger charge is 2.26. The van der Waals surface area contributed by atoms with E-state index < -0.39 is 11.4 Å². The highest BCUT2D eigenvalue weighted by atomic mass is 16.4. The Morgan fingerprint density at radius 3 is 2.79 bits per heavy atom. The van der Waals surface area contributed by atoms with Gasteiger partial charge in [0.05, 0.1) is 11.5 Å². The Morgan fingerprint density at radius 2 is 2.29 bits per heavy atom. The minimum atomic E-state index is -1.11. The number of nitriles is 1. The Kier molecular flexibility index (Phi) is 2.52. The molecule has 0 aromatic carbocycles. The molecule has 0 fully saturated rings. The van der Waals surface area contributed by atoms with Gasteiger partial charge in [0.25, 0.3) is 0 Å². The normalized spacial score (nSPS) is 10.6. The van der Waals surface area contributed by atoms with Gasteiger partial charge in [-0.15, -0.1) is 0 Å². The van der Waals surface area contributed by atoms with Crippen LogP contribution in [-0.2, 0) is 5.41 Å². The van der Waals surface area contributed by atoms with Gasteiger partial charge >= 0.3 is 5.97 Å². The summed E-state index contributed by atoms with van der Waals surface area (Å²) in [5, 5.41) is 17.7. The first-order valence-electron chi connectivity index (χ1n) is 4.09. The minimum absolute atomic E-state index is 0.0564. The number of aromatic nitrogens is 1. The van der Waals surface area contributed by atoms with Crippen LogP contribution in [-0.4, -0.2) is 16.1 Å². The Balaban J connectivity index is 3.36. The average molecular weight is 190 g/mol. The molecule has 0 atom stereocenters. The van der Waals surface area contributed by atoms with E-state index in [2.05, 4.69) is 4.98 Å². The summed E-state index contributed by atoms with van der Waals surface area (Å²) in [5.41, 5.74) is -0.448. The van der Waals surface area contributed by atoms with Gasteiger partial charge in [-0.1, -0.05) is 6.07 Å². The van der Waals surface area contributed by atoms with Gasteiger partial charge in [-0.2, -0.15) is 5.26 Å². The summed E-state index contributed by atoms with van der Waals surface area (Å²) in [5.74, 6) is -1.11. The summed E-state index contributed by atoms with van der Waals surface area (Å²) in [7, 11) is 0. The molecule has 4 heteroatoms. The van der Waals surface area contributed by atoms with Crippen LogP contribution < -0.4 is 0 Å². The smallest absolute Gasteiger partial charge is 0.354 e. The van der Waals surface area contributed by atoms with Crippen molar-refractivity contribution < 1.29 is 9.90 Å². The molecule has 0 spiro atoms. The second-order valence-corrected chi connectivity index (χ2v) is 3.44. The van der Waals surface area contributed by atoms with E-state index in [0.29, 0.717) is 5.56 Å². The standard InChI is InChI=1S/C10H10N2O2/c1-10(2,6-11)7-4-3-5-12-8(7)9(13)14/h3-5H,1-2H3,(H,13,14). The van der Waals surface area contributed by atoms with E-state index in [0.717, 1.165) is 0 Å². The van der Waals surface area contributed by atoms with Crippen molar-refractivity contribution >= 4 is 5.97 Å². The zero-order valence-corrected chi connectivity index (χ0v) is 7.98. The summed E-state index contributed by atoms with van der Waals surface area (Å²) in [6, 6.07) is 5.29. The van der Waals surface area contributed by atoms with Crippen LogP contribution in [0.3, 0.4) is 0 Å². The van der Waals surface area contributed by atoms with E-state index in [-0.39, 0.29) is 5.69 Å². The van der Waals surface area contributed by atoms with E-state index >= 15 is 0 Å². The van der Waals surface area contributed by atoms with Crippen molar-refractivity contribution in [1.82, 2.24) is 4.98 Å². The Bertz CT molecular complexity index is 405. The van der Waals surface area contributed by atoms with Gasteiger partial charge in [-0.05, 0) is 19.9 Å². The second-order valence-electron chi connectivity index (χ2n) is 3.44. The van der Waals surface area contributed by atoms with E-state index in [1.165, 1.54) is 6.20 Å². The van der Waals surface area contributed by atoms with E-state index in [1.54, 1.807) is 26.0 Å². The number of carboxylic acid groups (broad SMARTS) is 1. The van der Waals surface area contributed by atoms with Gasteiger partial charge < -0.3 is 5.11 Å². The summed E-state index contributed by atoms with van der Waals surface area (Å²) < 4.78 is 0. The molecule has 0 amide bonds. The molecule has 1 rings (SSSR count). The van der Waals surface area contributed by atoms with Crippen molar-refractivity contribution in [2.75, 3.05) is 0 Å². The number of hydrogen-bond donors (Lipinski definition) is 1. The molecule has 4 nitrogen and oxygen atoms in total.